The van der Waals surface area contributed by atoms with E-state index >= 15 is 0 Å². The molecule has 0 radical (unpaired) electrons. The number of hydrogen-bond acceptors (Lipinski definition) is 0. The van der Waals surface area contributed by atoms with Gasteiger partial charge < -0.3 is 0 Å². The third-order valence-electron chi connectivity index (χ3n) is 9.84. The minimum Gasteiger partial charge on any atom is -0.0651 e. The lowest BCUT2D eigenvalue weighted by Crippen LogP contribution is -2.24. The van der Waals surface area contributed by atoms with Gasteiger partial charge in [-0.3, -0.25) is 0 Å². The smallest absolute Gasteiger partial charge is 0.0162 e. The second-order valence-corrected chi connectivity index (χ2v) is 12.8. The van der Waals surface area contributed by atoms with Gasteiger partial charge in [0.25, 0.3) is 0 Å². The van der Waals surface area contributed by atoms with E-state index in [4.69, 9.17) is 0 Å². The van der Waals surface area contributed by atoms with Crippen LogP contribution in [0, 0.1) is 6.92 Å². The molecular weight excluding hydrogens is 456 g/mol. The molecule has 6 rings (SSSR count). The van der Waals surface area contributed by atoms with Crippen LogP contribution in [-0.2, 0) is 17.3 Å². The molecule has 0 nitrogen and oxygen atoms in total. The van der Waals surface area contributed by atoms with Crippen molar-refractivity contribution < 1.29 is 0 Å². The summed E-state index contributed by atoms with van der Waals surface area (Å²) in [5, 5.41) is 0. The first-order chi connectivity index (χ1) is 18.1. The highest BCUT2D eigenvalue weighted by molar-refractivity contribution is 6.02. The van der Waals surface area contributed by atoms with Crippen molar-refractivity contribution in [1.29, 1.82) is 0 Å². The van der Waals surface area contributed by atoms with E-state index in [2.05, 4.69) is 122 Å². The van der Waals surface area contributed by atoms with Crippen LogP contribution in [0.25, 0.3) is 33.4 Å². The van der Waals surface area contributed by atoms with Crippen molar-refractivity contribution in [3.8, 4) is 33.4 Å². The Bertz CT molecular complexity index is 1580. The fraction of sp³-hybridized carbons (Fsp3) is 0.368. The Hall–Kier alpha value is -3.12. The maximum Gasteiger partial charge on any atom is 0.0162 e. The number of rotatable bonds is 5. The van der Waals surface area contributed by atoms with Crippen LogP contribution in [-0.4, -0.2) is 0 Å². The maximum absolute atomic E-state index is 2.54. The van der Waals surface area contributed by atoms with Crippen molar-refractivity contribution >= 4 is 0 Å². The molecule has 0 amide bonds. The molecule has 0 fully saturated rings. The van der Waals surface area contributed by atoms with Crippen LogP contribution < -0.4 is 0 Å². The van der Waals surface area contributed by atoms with E-state index in [9.17, 15) is 0 Å². The molecule has 0 saturated carbocycles. The van der Waals surface area contributed by atoms with Gasteiger partial charge in [-0.25, -0.2) is 0 Å². The predicted octanol–water partition coefficient (Wildman–Crippen LogP) is 10.7. The van der Waals surface area contributed by atoms with Crippen LogP contribution in [0.3, 0.4) is 0 Å². The van der Waals surface area contributed by atoms with Gasteiger partial charge in [0.1, 0.15) is 0 Å². The summed E-state index contributed by atoms with van der Waals surface area (Å²) in [5.74, 6) is 0.567. The second kappa shape index (κ2) is 8.70. The van der Waals surface area contributed by atoms with E-state index in [0.717, 1.165) is 12.8 Å². The van der Waals surface area contributed by atoms with E-state index in [1.807, 2.05) is 0 Å². The molecule has 0 heterocycles. The number of fused-ring (bicyclic) bond motifs is 7. The third-order valence-corrected chi connectivity index (χ3v) is 9.84. The van der Waals surface area contributed by atoms with Crippen LogP contribution in [0.1, 0.15) is 106 Å². The van der Waals surface area contributed by atoms with Gasteiger partial charge in [0, 0.05) is 10.8 Å². The largest absolute Gasteiger partial charge is 0.0651 e. The highest BCUT2D eigenvalue weighted by Gasteiger charge is 2.48. The number of hydrogen-bond donors (Lipinski definition) is 0. The van der Waals surface area contributed by atoms with E-state index in [-0.39, 0.29) is 10.8 Å². The van der Waals surface area contributed by atoms with Gasteiger partial charge in [-0.2, -0.15) is 0 Å². The van der Waals surface area contributed by atoms with Gasteiger partial charge in [-0.05, 0) is 98.0 Å². The highest BCUT2D eigenvalue weighted by atomic mass is 14.5. The Balaban J connectivity index is 1.80. The molecule has 2 aliphatic rings. The summed E-state index contributed by atoms with van der Waals surface area (Å²) < 4.78 is 0. The summed E-state index contributed by atoms with van der Waals surface area (Å²) in [7, 11) is 0. The molecule has 1 unspecified atom stereocenters. The lowest BCUT2D eigenvalue weighted by atomic mass is 9.70. The minimum absolute atomic E-state index is 0.0406. The topological polar surface area (TPSA) is 0 Å². The summed E-state index contributed by atoms with van der Waals surface area (Å²) in [6.07, 6.45) is 3.42. The first kappa shape index (κ1) is 25.2. The molecular formula is C38H42. The Morgan fingerprint density at radius 1 is 0.658 bits per heavy atom. The standard InChI is InChI=1S/C38H42/c1-9-15-25-16-11-12-17-27(25)32-24(4)33-28-18-13-14-19-30(28)37(5,6)35(33)36-34(32)29-21-20-26(23(3)10-2)22-31(29)38(36,7)8/h11-14,16-23H,9-10,15H2,1-8H3. The lowest BCUT2D eigenvalue weighted by Gasteiger charge is -2.32. The van der Waals surface area contributed by atoms with E-state index in [0.29, 0.717) is 5.92 Å². The Labute approximate surface area is 230 Å². The molecule has 194 valence electrons. The van der Waals surface area contributed by atoms with Crippen LogP contribution >= 0.6 is 0 Å². The zero-order valence-electron chi connectivity index (χ0n) is 24.5. The van der Waals surface area contributed by atoms with Gasteiger partial charge in [0.15, 0.2) is 0 Å². The first-order valence-electron chi connectivity index (χ1n) is 14.7. The van der Waals surface area contributed by atoms with Gasteiger partial charge >= 0.3 is 0 Å². The molecule has 0 heteroatoms. The summed E-state index contributed by atoms with van der Waals surface area (Å²) in [5.41, 5.74) is 19.0. The Kier molecular flexibility index (Phi) is 5.76. The van der Waals surface area contributed by atoms with E-state index in [1.165, 1.54) is 67.6 Å². The number of aryl methyl sites for hydroxylation is 1. The molecule has 38 heavy (non-hydrogen) atoms. The van der Waals surface area contributed by atoms with Crippen LogP contribution in [0.2, 0.25) is 0 Å². The third kappa shape index (κ3) is 3.28. The monoisotopic (exact) mass is 498 g/mol. The summed E-state index contributed by atoms with van der Waals surface area (Å²) in [4.78, 5) is 0. The zero-order valence-corrected chi connectivity index (χ0v) is 24.5. The van der Waals surface area contributed by atoms with Gasteiger partial charge in [0.2, 0.25) is 0 Å². The highest BCUT2D eigenvalue weighted by Crippen LogP contribution is 2.63. The Morgan fingerprint density at radius 2 is 1.26 bits per heavy atom. The molecule has 0 aliphatic heterocycles. The van der Waals surface area contributed by atoms with Crippen molar-refractivity contribution in [1.82, 2.24) is 0 Å². The fourth-order valence-electron chi connectivity index (χ4n) is 7.67. The lowest BCUT2D eigenvalue weighted by molar-refractivity contribution is 0.599. The first-order valence-corrected chi connectivity index (χ1v) is 14.7. The Morgan fingerprint density at radius 3 is 1.97 bits per heavy atom. The van der Waals surface area contributed by atoms with Crippen molar-refractivity contribution in [2.45, 2.75) is 91.4 Å². The van der Waals surface area contributed by atoms with E-state index in [1.54, 1.807) is 11.1 Å². The zero-order chi connectivity index (χ0) is 27.0. The molecule has 4 aromatic rings. The quantitative estimate of drug-likeness (QED) is 0.257. The molecule has 0 spiro atoms. The van der Waals surface area contributed by atoms with Gasteiger partial charge in [-0.1, -0.05) is 122 Å². The molecule has 4 aromatic carbocycles. The summed E-state index contributed by atoms with van der Waals surface area (Å²) >= 11 is 0. The van der Waals surface area contributed by atoms with Gasteiger partial charge in [0.05, 0.1) is 0 Å². The molecule has 0 N–H and O–H groups in total. The molecule has 0 bridgehead atoms. The molecule has 0 saturated heterocycles. The average molecular weight is 499 g/mol. The fourth-order valence-corrected chi connectivity index (χ4v) is 7.67. The number of benzene rings is 4. The molecule has 1 atom stereocenters. The minimum atomic E-state index is -0.0698. The van der Waals surface area contributed by atoms with Crippen molar-refractivity contribution in [3.05, 3.63) is 106 Å². The SMILES string of the molecule is CCCc1ccccc1-c1c(C)c2c(c3c1-c1ccc(C(C)CC)cc1C3(C)C)C(C)(C)c1ccccc1-2. The van der Waals surface area contributed by atoms with Crippen LogP contribution in [0.5, 0.6) is 0 Å². The molecule has 2 aliphatic carbocycles. The maximum atomic E-state index is 2.54. The van der Waals surface area contributed by atoms with Crippen LogP contribution in [0.15, 0.2) is 66.7 Å². The second-order valence-electron chi connectivity index (χ2n) is 12.8. The van der Waals surface area contributed by atoms with Gasteiger partial charge in [-0.15, -0.1) is 0 Å². The molecule has 0 aromatic heterocycles. The summed E-state index contributed by atoms with van der Waals surface area (Å²) in [6, 6.07) is 25.7. The summed E-state index contributed by atoms with van der Waals surface area (Å²) in [6.45, 7) is 19.2. The van der Waals surface area contributed by atoms with Crippen molar-refractivity contribution in [2.75, 3.05) is 0 Å². The van der Waals surface area contributed by atoms with Crippen molar-refractivity contribution in [2.24, 2.45) is 0 Å². The van der Waals surface area contributed by atoms with E-state index < -0.39 is 0 Å². The average Bonchev–Trinajstić information content (AvgIpc) is 3.28. The normalized spacial score (nSPS) is 16.5. The van der Waals surface area contributed by atoms with Crippen molar-refractivity contribution in [3.63, 3.8) is 0 Å². The van der Waals surface area contributed by atoms with Crippen LogP contribution in [0.4, 0.5) is 0 Å². The predicted molar refractivity (Wildman–Crippen MR) is 164 cm³/mol.